The number of nitrogens with one attached hydrogen (secondary N) is 1. The number of benzene rings is 1. The van der Waals surface area contributed by atoms with Crippen LogP contribution >= 0.6 is 35.0 Å². The molecule has 0 aliphatic heterocycles. The summed E-state index contributed by atoms with van der Waals surface area (Å²) in [6, 6.07) is 7.66. The van der Waals surface area contributed by atoms with Gasteiger partial charge in [-0.05, 0) is 18.6 Å². The van der Waals surface area contributed by atoms with Gasteiger partial charge >= 0.3 is 0 Å². The Kier molecular flexibility index (Phi) is 5.90. The van der Waals surface area contributed by atoms with Gasteiger partial charge in [0.25, 0.3) is 0 Å². The zero-order valence-corrected chi connectivity index (χ0v) is 13.7. The Morgan fingerprint density at radius 2 is 2.14 bits per heavy atom. The van der Waals surface area contributed by atoms with Crippen LogP contribution in [0.3, 0.4) is 0 Å². The van der Waals surface area contributed by atoms with E-state index in [1.54, 1.807) is 0 Å². The van der Waals surface area contributed by atoms with Crippen LogP contribution in [-0.2, 0) is 17.1 Å². The molecule has 0 bridgehead atoms. The van der Waals surface area contributed by atoms with E-state index < -0.39 is 0 Å². The molecule has 1 heterocycles. The highest BCUT2D eigenvalue weighted by Crippen LogP contribution is 2.26. The van der Waals surface area contributed by atoms with Crippen LogP contribution in [0, 0.1) is 0 Å². The molecule has 1 N–H and O–H groups in total. The van der Waals surface area contributed by atoms with Crippen molar-refractivity contribution in [2.75, 3.05) is 11.2 Å². The first-order valence-electron chi connectivity index (χ1n) is 6.31. The smallest absolute Gasteiger partial charge is 0.241 e. The minimum atomic E-state index is -0.304. The standard InChI is InChI=1S/C13H14Cl2N4OS/c1-2-19-12(16-11(20)7-14)17-18-13(19)21-8-9-5-3-4-6-10(9)15/h3-6H,2,7-8H2,1H3,(H,16,17,20). The molecule has 0 aliphatic carbocycles. The van der Waals surface area contributed by atoms with Gasteiger partial charge in [0.05, 0.1) is 0 Å². The maximum Gasteiger partial charge on any atom is 0.241 e. The van der Waals surface area contributed by atoms with E-state index in [4.69, 9.17) is 23.2 Å². The number of rotatable bonds is 6. The molecule has 0 unspecified atom stereocenters. The lowest BCUT2D eigenvalue weighted by molar-refractivity contribution is -0.114. The largest absolute Gasteiger partial charge is 0.294 e. The van der Waals surface area contributed by atoms with E-state index in [0.29, 0.717) is 18.2 Å². The van der Waals surface area contributed by atoms with Gasteiger partial charge in [-0.3, -0.25) is 14.7 Å². The number of hydrogen-bond donors (Lipinski definition) is 1. The second kappa shape index (κ2) is 7.68. The summed E-state index contributed by atoms with van der Waals surface area (Å²) in [6.07, 6.45) is 0. The van der Waals surface area contributed by atoms with Gasteiger partial charge in [0.2, 0.25) is 11.9 Å². The van der Waals surface area contributed by atoms with Crippen molar-refractivity contribution >= 4 is 46.8 Å². The van der Waals surface area contributed by atoms with E-state index >= 15 is 0 Å². The number of nitrogens with zero attached hydrogens (tertiary/aromatic N) is 3. The second-order valence-electron chi connectivity index (χ2n) is 4.11. The Hall–Kier alpha value is -1.24. The van der Waals surface area contributed by atoms with Gasteiger partial charge in [-0.25, -0.2) is 0 Å². The van der Waals surface area contributed by atoms with E-state index in [2.05, 4.69) is 15.5 Å². The lowest BCUT2D eigenvalue weighted by Crippen LogP contribution is -2.16. The maximum atomic E-state index is 11.3. The predicted octanol–water partition coefficient (Wildman–Crippen LogP) is 3.42. The first kappa shape index (κ1) is 16.1. The molecule has 8 heteroatoms. The van der Waals surface area contributed by atoms with Crippen LogP contribution in [0.15, 0.2) is 29.4 Å². The molecule has 21 heavy (non-hydrogen) atoms. The third-order valence-electron chi connectivity index (χ3n) is 2.72. The van der Waals surface area contributed by atoms with Crippen molar-refractivity contribution in [2.24, 2.45) is 0 Å². The Balaban J connectivity index is 2.10. The number of amides is 1. The Morgan fingerprint density at radius 3 is 2.81 bits per heavy atom. The highest BCUT2D eigenvalue weighted by molar-refractivity contribution is 7.98. The molecule has 0 radical (unpaired) electrons. The lowest BCUT2D eigenvalue weighted by Gasteiger charge is -2.08. The van der Waals surface area contributed by atoms with Gasteiger partial charge in [-0.15, -0.1) is 21.8 Å². The molecule has 0 aliphatic rings. The fraction of sp³-hybridized carbons (Fsp3) is 0.308. The van der Waals surface area contributed by atoms with Crippen LogP contribution in [0.25, 0.3) is 0 Å². The third kappa shape index (κ3) is 4.12. The number of aromatic nitrogens is 3. The van der Waals surface area contributed by atoms with Crippen molar-refractivity contribution in [3.05, 3.63) is 34.9 Å². The number of carbonyl (C=O) groups is 1. The Labute approximate surface area is 137 Å². The quantitative estimate of drug-likeness (QED) is 0.644. The summed E-state index contributed by atoms with van der Waals surface area (Å²) >= 11 is 13.1. The van der Waals surface area contributed by atoms with Crippen molar-refractivity contribution in [2.45, 2.75) is 24.4 Å². The van der Waals surface area contributed by atoms with Crippen molar-refractivity contribution in [1.29, 1.82) is 0 Å². The van der Waals surface area contributed by atoms with E-state index in [1.165, 1.54) is 11.8 Å². The SMILES string of the molecule is CCn1c(NC(=O)CCl)nnc1SCc1ccccc1Cl. The van der Waals surface area contributed by atoms with E-state index in [-0.39, 0.29) is 11.8 Å². The number of alkyl halides is 1. The minimum absolute atomic E-state index is 0.112. The molecule has 1 aromatic heterocycles. The fourth-order valence-corrected chi connectivity index (χ4v) is 3.04. The summed E-state index contributed by atoms with van der Waals surface area (Å²) in [5, 5.41) is 12.1. The van der Waals surface area contributed by atoms with Crippen molar-refractivity contribution in [3.8, 4) is 0 Å². The topological polar surface area (TPSA) is 59.8 Å². The van der Waals surface area contributed by atoms with E-state index in [9.17, 15) is 4.79 Å². The van der Waals surface area contributed by atoms with Crippen LogP contribution in [0.2, 0.25) is 5.02 Å². The molecule has 2 aromatic rings. The number of hydrogen-bond acceptors (Lipinski definition) is 4. The van der Waals surface area contributed by atoms with Gasteiger partial charge in [0, 0.05) is 17.3 Å². The number of halogens is 2. The summed E-state index contributed by atoms with van der Waals surface area (Å²) in [5.41, 5.74) is 1.03. The fourth-order valence-electron chi connectivity index (χ4n) is 1.69. The zero-order chi connectivity index (χ0) is 15.2. The lowest BCUT2D eigenvalue weighted by atomic mass is 10.2. The highest BCUT2D eigenvalue weighted by atomic mass is 35.5. The van der Waals surface area contributed by atoms with Crippen molar-refractivity contribution < 1.29 is 4.79 Å². The minimum Gasteiger partial charge on any atom is -0.294 e. The normalized spacial score (nSPS) is 10.6. The van der Waals surface area contributed by atoms with Gasteiger partial charge in [-0.1, -0.05) is 41.6 Å². The zero-order valence-electron chi connectivity index (χ0n) is 11.3. The highest BCUT2D eigenvalue weighted by Gasteiger charge is 2.13. The molecule has 0 atom stereocenters. The summed E-state index contributed by atoms with van der Waals surface area (Å²) < 4.78 is 1.83. The van der Waals surface area contributed by atoms with Crippen molar-refractivity contribution in [1.82, 2.24) is 14.8 Å². The molecular weight excluding hydrogens is 331 g/mol. The van der Waals surface area contributed by atoms with E-state index in [1.807, 2.05) is 35.8 Å². The molecule has 5 nitrogen and oxygen atoms in total. The molecule has 0 fully saturated rings. The molecule has 2 rings (SSSR count). The van der Waals surface area contributed by atoms with Crippen LogP contribution < -0.4 is 5.32 Å². The maximum absolute atomic E-state index is 11.3. The summed E-state index contributed by atoms with van der Waals surface area (Å²) in [7, 11) is 0. The van der Waals surface area contributed by atoms with Crippen LogP contribution in [0.4, 0.5) is 5.95 Å². The molecule has 0 spiro atoms. The van der Waals surface area contributed by atoms with E-state index in [0.717, 1.165) is 15.7 Å². The predicted molar refractivity (Wildman–Crippen MR) is 86.1 cm³/mol. The molecule has 0 saturated heterocycles. The Morgan fingerprint density at radius 1 is 1.38 bits per heavy atom. The molecule has 0 saturated carbocycles. The number of anilines is 1. The van der Waals surface area contributed by atoms with Gasteiger partial charge < -0.3 is 0 Å². The van der Waals surface area contributed by atoms with Crippen LogP contribution in [0.5, 0.6) is 0 Å². The molecule has 112 valence electrons. The van der Waals surface area contributed by atoms with Gasteiger partial charge in [0.1, 0.15) is 5.88 Å². The monoisotopic (exact) mass is 344 g/mol. The molecular formula is C13H14Cl2N4OS. The van der Waals surface area contributed by atoms with Gasteiger partial charge in [-0.2, -0.15) is 0 Å². The van der Waals surface area contributed by atoms with Crippen LogP contribution in [-0.4, -0.2) is 26.6 Å². The third-order valence-corrected chi connectivity index (χ3v) is 4.35. The first-order chi connectivity index (χ1) is 10.2. The summed E-state index contributed by atoms with van der Waals surface area (Å²) in [4.78, 5) is 11.3. The van der Waals surface area contributed by atoms with Crippen LogP contribution in [0.1, 0.15) is 12.5 Å². The summed E-state index contributed by atoms with van der Waals surface area (Å²) in [6.45, 7) is 2.61. The number of carbonyl (C=O) groups excluding carboxylic acids is 1. The Bertz CT molecular complexity index is 632. The molecule has 1 aromatic carbocycles. The first-order valence-corrected chi connectivity index (χ1v) is 8.20. The average molecular weight is 345 g/mol. The molecule has 1 amide bonds. The average Bonchev–Trinajstić information content (AvgIpc) is 2.88. The second-order valence-corrected chi connectivity index (χ2v) is 5.73. The summed E-state index contributed by atoms with van der Waals surface area (Å²) in [5.74, 6) is 0.672. The number of thioether (sulfide) groups is 1. The van der Waals surface area contributed by atoms with Crippen molar-refractivity contribution in [3.63, 3.8) is 0 Å². The van der Waals surface area contributed by atoms with Gasteiger partial charge in [0.15, 0.2) is 5.16 Å².